The van der Waals surface area contributed by atoms with Gasteiger partial charge in [0.1, 0.15) is 0 Å². The highest BCUT2D eigenvalue weighted by atomic mass is 16.9. The fourth-order valence-corrected chi connectivity index (χ4v) is 0.502. The quantitative estimate of drug-likeness (QED) is 0.502. The van der Waals surface area contributed by atoms with Gasteiger partial charge in [-0.25, -0.2) is 0 Å². The topological polar surface area (TPSA) is 71.1 Å². The molecule has 6 heteroatoms. The van der Waals surface area contributed by atoms with Crippen molar-refractivity contribution in [2.75, 3.05) is 40.5 Å². The number of rotatable bonds is 7. The minimum atomic E-state index is 0.104. The van der Waals surface area contributed by atoms with E-state index in [1.165, 1.54) is 14.2 Å². The Kier molecular flexibility index (Phi) is 7.26. The smallest absolute Gasteiger partial charge is 0.0790 e. The molecule has 0 fully saturated rings. The van der Waals surface area contributed by atoms with Crippen LogP contribution in [0.3, 0.4) is 0 Å². The molecule has 0 saturated carbocycles. The molecule has 0 N–H and O–H groups in total. The molecule has 0 aliphatic rings. The molecule has 74 valence electrons. The number of hydrogen-bond acceptors (Lipinski definition) is 6. The van der Waals surface area contributed by atoms with E-state index < -0.39 is 0 Å². The van der Waals surface area contributed by atoms with Crippen molar-refractivity contribution in [3.63, 3.8) is 0 Å². The molecule has 0 rings (SSSR count). The minimum absolute atomic E-state index is 0.104. The van der Waals surface area contributed by atoms with E-state index in [9.17, 15) is 10.4 Å². The van der Waals surface area contributed by atoms with Crippen molar-refractivity contribution in [2.24, 2.45) is 0 Å². The summed E-state index contributed by atoms with van der Waals surface area (Å²) < 4.78 is 4.65. The standard InChI is InChI=1S/C6H14N2O4/c1-7(9)3-6-12-8(10)4-5-11-2/h3-6H2,1-2H3/q-2. The predicted molar refractivity (Wildman–Crippen MR) is 43.9 cm³/mol. The summed E-state index contributed by atoms with van der Waals surface area (Å²) >= 11 is 0. The van der Waals surface area contributed by atoms with Crippen molar-refractivity contribution >= 4 is 0 Å². The first-order chi connectivity index (χ1) is 5.66. The Hall–Kier alpha value is -0.240. The van der Waals surface area contributed by atoms with E-state index in [1.807, 2.05) is 0 Å². The van der Waals surface area contributed by atoms with Gasteiger partial charge in [-0.05, 0) is 7.05 Å². The lowest BCUT2D eigenvalue weighted by atomic mass is 10.7. The summed E-state index contributed by atoms with van der Waals surface area (Å²) in [5, 5.41) is 22.1. The molecule has 6 nitrogen and oxygen atoms in total. The van der Waals surface area contributed by atoms with E-state index in [1.54, 1.807) is 0 Å². The highest BCUT2D eigenvalue weighted by Gasteiger charge is 1.91. The third-order valence-corrected chi connectivity index (χ3v) is 1.12. The van der Waals surface area contributed by atoms with Gasteiger partial charge in [-0.1, -0.05) is 0 Å². The fraction of sp³-hybridized carbons (Fsp3) is 1.00. The monoisotopic (exact) mass is 178 g/mol. The van der Waals surface area contributed by atoms with Gasteiger partial charge in [0.05, 0.1) is 13.2 Å². The van der Waals surface area contributed by atoms with Crippen LogP contribution in [-0.2, 0) is 9.57 Å². The van der Waals surface area contributed by atoms with Crippen LogP contribution in [0.25, 0.3) is 0 Å². The molecule has 0 unspecified atom stereocenters. The van der Waals surface area contributed by atoms with Crippen LogP contribution in [-0.4, -0.2) is 50.8 Å². The van der Waals surface area contributed by atoms with Crippen molar-refractivity contribution in [3.05, 3.63) is 10.4 Å². The number of methoxy groups -OCH3 is 1. The summed E-state index contributed by atoms with van der Waals surface area (Å²) in [4.78, 5) is 4.61. The first kappa shape index (κ1) is 11.8. The second kappa shape index (κ2) is 7.41. The molecule has 0 amide bonds. The summed E-state index contributed by atoms with van der Waals surface area (Å²) in [6, 6.07) is 0. The van der Waals surface area contributed by atoms with Crippen LogP contribution in [0.2, 0.25) is 0 Å². The minimum Gasteiger partial charge on any atom is -0.785 e. The molecule has 0 atom stereocenters. The second-order valence-corrected chi connectivity index (χ2v) is 2.23. The van der Waals surface area contributed by atoms with Crippen LogP contribution in [0, 0.1) is 10.4 Å². The SMILES string of the molecule is COCCN([O-])OCCN(C)[O-]. The normalized spacial score (nSPS) is 11.5. The number of hydroxylamine groups is 4. The first-order valence-electron chi connectivity index (χ1n) is 3.61. The van der Waals surface area contributed by atoms with Crippen molar-refractivity contribution in [1.82, 2.24) is 10.3 Å². The van der Waals surface area contributed by atoms with Crippen LogP contribution >= 0.6 is 0 Å². The Labute approximate surface area is 71.8 Å². The largest absolute Gasteiger partial charge is 0.785 e. The average molecular weight is 178 g/mol. The summed E-state index contributed by atoms with van der Waals surface area (Å²) in [6.07, 6.45) is 0. The van der Waals surface area contributed by atoms with E-state index in [4.69, 9.17) is 0 Å². The molecule has 0 radical (unpaired) electrons. The summed E-state index contributed by atoms with van der Waals surface area (Å²) in [5.74, 6) is 0. The van der Waals surface area contributed by atoms with E-state index in [0.717, 1.165) is 0 Å². The van der Waals surface area contributed by atoms with Crippen molar-refractivity contribution in [1.29, 1.82) is 0 Å². The zero-order chi connectivity index (χ0) is 9.40. The van der Waals surface area contributed by atoms with Crippen LogP contribution < -0.4 is 0 Å². The maximum atomic E-state index is 10.7. The molecular weight excluding hydrogens is 164 g/mol. The molecule has 0 aromatic rings. The van der Waals surface area contributed by atoms with Gasteiger partial charge in [-0.2, -0.15) is 0 Å². The first-order valence-corrected chi connectivity index (χ1v) is 3.61. The highest BCUT2D eigenvalue weighted by molar-refractivity contribution is 4.47. The Morgan fingerprint density at radius 3 is 2.33 bits per heavy atom. The molecule has 0 saturated heterocycles. The zero-order valence-electron chi connectivity index (χ0n) is 7.36. The number of hydrogen-bond donors (Lipinski definition) is 0. The maximum Gasteiger partial charge on any atom is 0.0790 e. The fourth-order valence-electron chi connectivity index (χ4n) is 0.502. The van der Waals surface area contributed by atoms with Gasteiger partial charge in [0, 0.05) is 20.2 Å². The van der Waals surface area contributed by atoms with Gasteiger partial charge in [0.2, 0.25) is 0 Å². The molecule has 12 heavy (non-hydrogen) atoms. The lowest BCUT2D eigenvalue weighted by Crippen LogP contribution is -2.26. The highest BCUT2D eigenvalue weighted by Crippen LogP contribution is 1.87. The van der Waals surface area contributed by atoms with Gasteiger partial charge in [0.25, 0.3) is 0 Å². The van der Waals surface area contributed by atoms with Crippen LogP contribution in [0.15, 0.2) is 0 Å². The van der Waals surface area contributed by atoms with Crippen molar-refractivity contribution < 1.29 is 9.57 Å². The van der Waals surface area contributed by atoms with E-state index in [0.29, 0.717) is 16.9 Å². The van der Waals surface area contributed by atoms with Gasteiger partial charge in [0.15, 0.2) is 0 Å². The summed E-state index contributed by atoms with van der Waals surface area (Å²) in [7, 11) is 2.87. The summed E-state index contributed by atoms with van der Waals surface area (Å²) in [5.41, 5.74) is 0. The van der Waals surface area contributed by atoms with Crippen LogP contribution in [0.1, 0.15) is 0 Å². The Bertz CT molecular complexity index is 102. The third kappa shape index (κ3) is 7.86. The van der Waals surface area contributed by atoms with Crippen molar-refractivity contribution in [2.45, 2.75) is 0 Å². The predicted octanol–water partition coefficient (Wildman–Crippen LogP) is -0.206. The summed E-state index contributed by atoms with van der Waals surface area (Å²) in [6.45, 7) is 0.759. The number of ether oxygens (including phenoxy) is 1. The van der Waals surface area contributed by atoms with Crippen LogP contribution in [0.4, 0.5) is 0 Å². The lowest BCUT2D eigenvalue weighted by molar-refractivity contribution is -0.129. The van der Waals surface area contributed by atoms with Gasteiger partial charge < -0.3 is 25.1 Å². The molecule has 0 bridgehead atoms. The molecule has 0 aliphatic carbocycles. The van der Waals surface area contributed by atoms with Crippen LogP contribution in [0.5, 0.6) is 0 Å². The van der Waals surface area contributed by atoms with Gasteiger partial charge >= 0.3 is 0 Å². The Morgan fingerprint density at radius 1 is 1.17 bits per heavy atom. The molecular formula is C6H14N2O4-2. The number of nitrogens with zero attached hydrogens (tertiary/aromatic N) is 2. The molecule has 0 aromatic carbocycles. The maximum absolute atomic E-state index is 10.7. The molecule has 0 aromatic heterocycles. The van der Waals surface area contributed by atoms with E-state index in [-0.39, 0.29) is 19.7 Å². The molecule has 0 spiro atoms. The van der Waals surface area contributed by atoms with Gasteiger partial charge in [-0.15, -0.1) is 0 Å². The zero-order valence-corrected chi connectivity index (χ0v) is 7.36. The lowest BCUT2D eigenvalue weighted by Gasteiger charge is -2.29. The second-order valence-electron chi connectivity index (χ2n) is 2.23. The Morgan fingerprint density at radius 2 is 1.83 bits per heavy atom. The van der Waals surface area contributed by atoms with Crippen molar-refractivity contribution in [3.8, 4) is 0 Å². The van der Waals surface area contributed by atoms with E-state index in [2.05, 4.69) is 9.57 Å². The average Bonchev–Trinajstić information content (AvgIpc) is 2.00. The number of likely N-dealkylation sites (N-methyl/N-ethyl adjacent to an activating group) is 1. The molecule has 0 aliphatic heterocycles. The Balaban J connectivity index is 3.13. The van der Waals surface area contributed by atoms with Gasteiger partial charge in [-0.3, -0.25) is 5.23 Å². The molecule has 0 heterocycles. The third-order valence-electron chi connectivity index (χ3n) is 1.12. The van der Waals surface area contributed by atoms with E-state index >= 15 is 0 Å².